The lowest BCUT2D eigenvalue weighted by Gasteiger charge is -2.17. The first-order valence-electron chi connectivity index (χ1n) is 25.3. The van der Waals surface area contributed by atoms with E-state index in [1.807, 2.05) is 30.6 Å². The molecule has 0 fully saturated rings. The summed E-state index contributed by atoms with van der Waals surface area (Å²) < 4.78 is 0. The van der Waals surface area contributed by atoms with Crippen LogP contribution in [-0.2, 0) is 6.42 Å². The van der Waals surface area contributed by atoms with Crippen LogP contribution in [0, 0.1) is 0 Å². The van der Waals surface area contributed by atoms with Crippen molar-refractivity contribution in [2.45, 2.75) is 26.7 Å². The topological polar surface area (TPSA) is 64.7 Å². The van der Waals surface area contributed by atoms with Crippen molar-refractivity contribution in [1.29, 1.82) is 0 Å². The van der Waals surface area contributed by atoms with E-state index < -0.39 is 0 Å². The lowest BCUT2D eigenvalue weighted by Crippen LogP contribution is -2.01. The highest BCUT2D eigenvalue weighted by molar-refractivity contribution is 6.20. The maximum absolute atomic E-state index is 7.23. The lowest BCUT2D eigenvalue weighted by molar-refractivity contribution is 1.05. The van der Waals surface area contributed by atoms with E-state index in [2.05, 4.69) is 207 Å². The second kappa shape index (κ2) is 17.0. The highest BCUT2D eigenvalue weighted by Crippen LogP contribution is 2.51. The monoisotopic (exact) mass is 932 g/mol. The molecule has 0 aliphatic heterocycles. The molecule has 0 atom stereocenters. The van der Waals surface area contributed by atoms with Crippen LogP contribution in [0.5, 0.6) is 0 Å². The zero-order valence-electron chi connectivity index (χ0n) is 40.6. The second-order valence-electron chi connectivity index (χ2n) is 19.5. The summed E-state index contributed by atoms with van der Waals surface area (Å²) in [5.41, 5.74) is 33.1. The van der Waals surface area contributed by atoms with Crippen molar-refractivity contribution in [3.8, 4) is 66.9 Å². The van der Waals surface area contributed by atoms with Gasteiger partial charge in [0.15, 0.2) is 0 Å². The standard InChI is InChI=1S/C69H48N4/c1-3-11-54-51(4-2)57-16-7-17-58-52(26-28-61(54)66(57)58)47-35-45(36-48(39-47)53-27-29-62-56-15-6-5-14-55(56)60-19-8-18-59(53)67(60)62)46-37-49(63(70)30-21-41-20-22-42-12-9-32-71-65(42)34-41)40-50(38-46)64-31-25-44-24-23-43-13-10-33-72-68(43)69(44)73-64/h3,5-33,35-40H,4,34,70H2,1-2H3/b11-3-,41-21-,63-30-. The maximum Gasteiger partial charge on any atom is 0.0972 e. The van der Waals surface area contributed by atoms with Crippen LogP contribution >= 0.6 is 0 Å². The highest BCUT2D eigenvalue weighted by Gasteiger charge is 2.26. The summed E-state index contributed by atoms with van der Waals surface area (Å²) in [5, 5.41) is 7.23. The van der Waals surface area contributed by atoms with Crippen LogP contribution in [-0.4, -0.2) is 15.0 Å². The summed E-state index contributed by atoms with van der Waals surface area (Å²) in [6.07, 6.45) is 18.3. The average molecular weight is 933 g/mol. The largest absolute Gasteiger partial charge is 0.398 e. The Morgan fingerprint density at radius 2 is 1.15 bits per heavy atom. The van der Waals surface area contributed by atoms with Gasteiger partial charge in [0.1, 0.15) is 0 Å². The predicted molar refractivity (Wildman–Crippen MR) is 307 cm³/mol. The Bertz CT molecular complexity index is 4320. The van der Waals surface area contributed by atoms with Crippen LogP contribution < -0.4 is 5.73 Å². The van der Waals surface area contributed by atoms with Gasteiger partial charge in [-0.25, -0.2) is 4.98 Å². The normalized spacial score (nSPS) is 14.2. The van der Waals surface area contributed by atoms with Crippen LogP contribution in [0.1, 0.15) is 48.2 Å². The van der Waals surface area contributed by atoms with Crippen molar-refractivity contribution in [2.24, 2.45) is 5.73 Å². The van der Waals surface area contributed by atoms with Crippen LogP contribution in [0.4, 0.5) is 0 Å². The number of fused-ring (bicyclic) bond motifs is 7. The number of allylic oxidation sites excluding steroid dienone is 8. The van der Waals surface area contributed by atoms with E-state index in [1.54, 1.807) is 0 Å². The number of hydrogen-bond donors (Lipinski definition) is 1. The summed E-state index contributed by atoms with van der Waals surface area (Å²) >= 11 is 0. The van der Waals surface area contributed by atoms with E-state index in [0.29, 0.717) is 5.70 Å². The molecule has 3 heterocycles. The average Bonchev–Trinajstić information content (AvgIpc) is 3.95. The van der Waals surface area contributed by atoms with Crippen molar-refractivity contribution < 1.29 is 0 Å². The molecule has 0 saturated carbocycles. The molecular formula is C69H48N4. The van der Waals surface area contributed by atoms with Crippen molar-refractivity contribution in [1.82, 2.24) is 15.0 Å². The number of nitrogens with zero attached hydrogens (tertiary/aromatic N) is 3. The van der Waals surface area contributed by atoms with E-state index >= 15 is 0 Å². The molecule has 4 heteroatoms. The zero-order chi connectivity index (χ0) is 48.7. The first-order chi connectivity index (χ1) is 36.0. The van der Waals surface area contributed by atoms with Crippen LogP contribution in [0.15, 0.2) is 218 Å². The molecule has 2 N–H and O–H groups in total. The molecule has 0 radical (unpaired) electrons. The smallest absolute Gasteiger partial charge is 0.0972 e. The van der Waals surface area contributed by atoms with Gasteiger partial charge in [0.05, 0.1) is 22.4 Å². The maximum atomic E-state index is 7.23. The number of nitrogens with two attached hydrogens (primary N) is 1. The fraction of sp³-hybridized carbons (Fsp3) is 0.0580. The third-order valence-corrected chi connectivity index (χ3v) is 15.3. The van der Waals surface area contributed by atoms with Crippen molar-refractivity contribution in [3.63, 3.8) is 0 Å². The Kier molecular flexibility index (Phi) is 9.90. The van der Waals surface area contributed by atoms with Gasteiger partial charge in [0.2, 0.25) is 0 Å². The van der Waals surface area contributed by atoms with E-state index in [4.69, 9.17) is 15.7 Å². The number of hydrogen-bond acceptors (Lipinski definition) is 4. The third-order valence-electron chi connectivity index (χ3n) is 15.3. The molecule has 73 heavy (non-hydrogen) atoms. The molecular weight excluding hydrogens is 885 g/mol. The van der Waals surface area contributed by atoms with Gasteiger partial charge in [0, 0.05) is 40.8 Å². The minimum absolute atomic E-state index is 0.663. The fourth-order valence-corrected chi connectivity index (χ4v) is 11.9. The molecule has 4 nitrogen and oxygen atoms in total. The molecule has 3 aliphatic carbocycles. The van der Waals surface area contributed by atoms with Crippen LogP contribution in [0.3, 0.4) is 0 Å². The number of benzene rings is 8. The molecule has 8 aromatic carbocycles. The fourth-order valence-electron chi connectivity index (χ4n) is 11.9. The number of aromatic nitrogens is 3. The minimum Gasteiger partial charge on any atom is -0.398 e. The first kappa shape index (κ1) is 42.6. The Morgan fingerprint density at radius 3 is 1.93 bits per heavy atom. The van der Waals surface area contributed by atoms with Gasteiger partial charge in [-0.3, -0.25) is 9.97 Å². The van der Waals surface area contributed by atoms with Gasteiger partial charge >= 0.3 is 0 Å². The molecule has 0 spiro atoms. The van der Waals surface area contributed by atoms with Crippen molar-refractivity contribution in [2.75, 3.05) is 0 Å². The zero-order valence-corrected chi connectivity index (χ0v) is 40.6. The first-order valence-corrected chi connectivity index (χ1v) is 25.3. The Morgan fingerprint density at radius 1 is 0.534 bits per heavy atom. The summed E-state index contributed by atoms with van der Waals surface area (Å²) in [4.78, 5) is 14.9. The van der Waals surface area contributed by atoms with Gasteiger partial charge in [0.25, 0.3) is 0 Å². The number of pyridine rings is 3. The Balaban J connectivity index is 0.999. The SMILES string of the molecule is C/C=C\C1=C(CC)c2cccc3c(-c4cc(-c5cc(/C(N)=C/C=C6/C=Cc7cccnc7C6)cc(-c6ccc7ccc8cccnc8c7n6)c5)cc(-c5ccc6c7c(cccc57)-c5ccccc5-6)c4)ccc1c23. The van der Waals surface area contributed by atoms with Crippen LogP contribution in [0.25, 0.3) is 133 Å². The number of rotatable bonds is 8. The Hall–Kier alpha value is -9.25. The molecule has 3 aliphatic rings. The predicted octanol–water partition coefficient (Wildman–Crippen LogP) is 17.5. The molecule has 0 saturated heterocycles. The van der Waals surface area contributed by atoms with E-state index in [1.165, 1.54) is 77.2 Å². The van der Waals surface area contributed by atoms with E-state index in [9.17, 15) is 0 Å². The van der Waals surface area contributed by atoms with Gasteiger partial charge in [-0.1, -0.05) is 153 Å². The third kappa shape index (κ3) is 6.93. The van der Waals surface area contributed by atoms with Crippen LogP contribution in [0.2, 0.25) is 0 Å². The summed E-state index contributed by atoms with van der Waals surface area (Å²) in [6.45, 7) is 4.39. The van der Waals surface area contributed by atoms with Crippen molar-refractivity contribution in [3.05, 3.63) is 246 Å². The van der Waals surface area contributed by atoms with Gasteiger partial charge < -0.3 is 5.73 Å². The van der Waals surface area contributed by atoms with Crippen molar-refractivity contribution >= 4 is 66.3 Å². The minimum atomic E-state index is 0.663. The molecule has 344 valence electrons. The summed E-state index contributed by atoms with van der Waals surface area (Å²) in [6, 6.07) is 62.4. The van der Waals surface area contributed by atoms with Gasteiger partial charge in [-0.05, 0) is 190 Å². The van der Waals surface area contributed by atoms with E-state index in [-0.39, 0.29) is 0 Å². The molecule has 0 unspecified atom stereocenters. The van der Waals surface area contributed by atoms with Gasteiger partial charge in [-0.2, -0.15) is 0 Å². The Labute approximate surface area is 424 Å². The summed E-state index contributed by atoms with van der Waals surface area (Å²) in [5.74, 6) is 0. The molecule has 14 rings (SSSR count). The lowest BCUT2D eigenvalue weighted by atomic mass is 9.87. The molecule has 0 bridgehead atoms. The molecule has 11 aromatic rings. The highest BCUT2D eigenvalue weighted by atomic mass is 14.8. The summed E-state index contributed by atoms with van der Waals surface area (Å²) in [7, 11) is 0. The molecule has 3 aromatic heterocycles. The second-order valence-corrected chi connectivity index (χ2v) is 19.5. The quantitative estimate of drug-likeness (QED) is 0.154. The van der Waals surface area contributed by atoms with E-state index in [0.717, 1.165) is 90.6 Å². The van der Waals surface area contributed by atoms with Gasteiger partial charge in [-0.15, -0.1) is 0 Å². The molecule has 0 amide bonds.